The summed E-state index contributed by atoms with van der Waals surface area (Å²) in [6, 6.07) is 8.35. The Hall–Kier alpha value is -3.29. The molecule has 2 aromatic carbocycles. The van der Waals surface area contributed by atoms with Crippen LogP contribution in [0, 0.1) is 11.6 Å². The number of ether oxygens (including phenoxy) is 2. The van der Waals surface area contributed by atoms with E-state index in [1.165, 1.54) is 19.2 Å². The average Bonchev–Trinajstić information content (AvgIpc) is 2.58. The van der Waals surface area contributed by atoms with E-state index in [4.69, 9.17) is 4.74 Å². The van der Waals surface area contributed by atoms with Gasteiger partial charge in [0.15, 0.2) is 6.61 Å². The van der Waals surface area contributed by atoms with E-state index < -0.39 is 36.0 Å². The summed E-state index contributed by atoms with van der Waals surface area (Å²) in [6.07, 6.45) is 0. The highest BCUT2D eigenvalue weighted by Gasteiger charge is 2.17. The van der Waals surface area contributed by atoms with Crippen molar-refractivity contribution in [2.24, 2.45) is 0 Å². The van der Waals surface area contributed by atoms with Crippen molar-refractivity contribution in [3.63, 3.8) is 0 Å². The molecule has 0 fully saturated rings. The Morgan fingerprint density at radius 1 is 1.04 bits per heavy atom. The maximum Gasteiger partial charge on any atom is 0.338 e. The van der Waals surface area contributed by atoms with Crippen LogP contribution in [0.2, 0.25) is 0 Å². The first-order valence-corrected chi connectivity index (χ1v) is 7.01. The van der Waals surface area contributed by atoms with Gasteiger partial charge in [0.25, 0.3) is 11.8 Å². The molecule has 0 aliphatic rings. The van der Waals surface area contributed by atoms with Gasteiger partial charge in [-0.2, -0.15) is 0 Å². The predicted octanol–water partition coefficient (Wildman–Crippen LogP) is 2.09. The molecule has 0 unspecified atom stereocenters. The van der Waals surface area contributed by atoms with Gasteiger partial charge in [-0.25, -0.2) is 13.6 Å². The lowest BCUT2D eigenvalue weighted by Gasteiger charge is -2.09. The van der Waals surface area contributed by atoms with E-state index in [0.29, 0.717) is 6.07 Å². The molecular weight excluding hydrogens is 336 g/mol. The summed E-state index contributed by atoms with van der Waals surface area (Å²) in [5, 5.41) is 2.02. The molecule has 25 heavy (non-hydrogen) atoms. The number of carbonyl (C=O) groups is 3. The van der Waals surface area contributed by atoms with E-state index in [1.54, 1.807) is 12.1 Å². The van der Waals surface area contributed by atoms with Crippen molar-refractivity contribution in [3.05, 3.63) is 65.2 Å². The zero-order chi connectivity index (χ0) is 18.4. The molecule has 0 heterocycles. The van der Waals surface area contributed by atoms with Gasteiger partial charge in [-0.15, -0.1) is 0 Å². The van der Waals surface area contributed by atoms with E-state index >= 15 is 0 Å². The molecule has 0 spiro atoms. The second kappa shape index (κ2) is 8.00. The number of hydrogen-bond donors (Lipinski definition) is 1. The molecule has 6 nitrogen and oxygen atoms in total. The first-order valence-electron chi connectivity index (χ1n) is 7.01. The van der Waals surface area contributed by atoms with Crippen LogP contribution in [0.25, 0.3) is 0 Å². The maximum atomic E-state index is 13.0. The number of imide groups is 1. The molecule has 8 heteroatoms. The van der Waals surface area contributed by atoms with Gasteiger partial charge in [-0.05, 0) is 24.3 Å². The number of esters is 1. The first-order chi connectivity index (χ1) is 11.9. The van der Waals surface area contributed by atoms with Crippen molar-refractivity contribution in [2.45, 2.75) is 0 Å². The quantitative estimate of drug-likeness (QED) is 0.836. The highest BCUT2D eigenvalue weighted by molar-refractivity contribution is 6.07. The molecule has 1 N–H and O–H groups in total. The second-order valence-corrected chi connectivity index (χ2v) is 4.81. The molecule has 0 radical (unpaired) electrons. The van der Waals surface area contributed by atoms with Gasteiger partial charge in [0.1, 0.15) is 17.4 Å². The number of methoxy groups -OCH3 is 1. The largest absolute Gasteiger partial charge is 0.496 e. The Labute approximate surface area is 141 Å². The van der Waals surface area contributed by atoms with Gasteiger partial charge < -0.3 is 9.47 Å². The van der Waals surface area contributed by atoms with Crippen molar-refractivity contribution in [3.8, 4) is 5.75 Å². The van der Waals surface area contributed by atoms with Gasteiger partial charge in [-0.3, -0.25) is 14.9 Å². The fourth-order valence-corrected chi connectivity index (χ4v) is 1.95. The molecule has 0 aliphatic heterocycles. The van der Waals surface area contributed by atoms with Crippen LogP contribution in [0.1, 0.15) is 20.7 Å². The van der Waals surface area contributed by atoms with Crippen LogP contribution in [0.4, 0.5) is 8.78 Å². The summed E-state index contributed by atoms with van der Waals surface area (Å²) in [5.41, 5.74) is -0.266. The zero-order valence-electron chi connectivity index (χ0n) is 13.0. The fraction of sp³-hybridized carbons (Fsp3) is 0.118. The minimum atomic E-state index is -1.10. The lowest BCUT2D eigenvalue weighted by atomic mass is 10.2. The lowest BCUT2D eigenvalue weighted by Crippen LogP contribution is -2.34. The Morgan fingerprint density at radius 2 is 1.68 bits per heavy atom. The van der Waals surface area contributed by atoms with Gasteiger partial charge in [0.2, 0.25) is 0 Å². The van der Waals surface area contributed by atoms with Crippen LogP contribution in [0.15, 0.2) is 42.5 Å². The molecule has 2 rings (SSSR count). The molecule has 0 bridgehead atoms. The third-order valence-electron chi connectivity index (χ3n) is 3.04. The number of carbonyl (C=O) groups excluding carboxylic acids is 3. The number of para-hydroxylation sites is 1. The Morgan fingerprint density at radius 3 is 2.32 bits per heavy atom. The van der Waals surface area contributed by atoms with Crippen LogP contribution in [-0.4, -0.2) is 31.5 Å². The van der Waals surface area contributed by atoms with E-state index in [9.17, 15) is 23.2 Å². The summed E-state index contributed by atoms with van der Waals surface area (Å²) >= 11 is 0. The van der Waals surface area contributed by atoms with Crippen molar-refractivity contribution >= 4 is 17.8 Å². The smallest absolute Gasteiger partial charge is 0.338 e. The van der Waals surface area contributed by atoms with Gasteiger partial charge in [0, 0.05) is 6.07 Å². The van der Waals surface area contributed by atoms with E-state index in [-0.39, 0.29) is 16.9 Å². The Bertz CT molecular complexity index is 802. The normalized spacial score (nSPS) is 10.0. The highest BCUT2D eigenvalue weighted by Crippen LogP contribution is 2.16. The van der Waals surface area contributed by atoms with Crippen molar-refractivity contribution < 1.29 is 32.6 Å². The van der Waals surface area contributed by atoms with Crippen LogP contribution in [0.5, 0.6) is 5.75 Å². The minimum Gasteiger partial charge on any atom is -0.496 e. The van der Waals surface area contributed by atoms with E-state index in [1.807, 2.05) is 5.32 Å². The van der Waals surface area contributed by atoms with Crippen LogP contribution in [0.3, 0.4) is 0 Å². The summed E-state index contributed by atoms with van der Waals surface area (Å²) in [6.45, 7) is -0.794. The van der Waals surface area contributed by atoms with E-state index in [0.717, 1.165) is 12.1 Å². The summed E-state index contributed by atoms with van der Waals surface area (Å²) in [5.74, 6) is -4.39. The Kier molecular flexibility index (Phi) is 5.78. The number of benzene rings is 2. The molecule has 2 aromatic rings. The fourth-order valence-electron chi connectivity index (χ4n) is 1.95. The SMILES string of the molecule is COc1ccccc1C(=O)NC(=O)COC(=O)c1cc(F)cc(F)c1. The Balaban J connectivity index is 1.94. The number of hydrogen-bond acceptors (Lipinski definition) is 5. The number of nitrogens with one attached hydrogen (secondary N) is 1. The van der Waals surface area contributed by atoms with Gasteiger partial charge >= 0.3 is 5.97 Å². The van der Waals surface area contributed by atoms with Crippen molar-refractivity contribution in [2.75, 3.05) is 13.7 Å². The standard InChI is InChI=1S/C17H13F2NO5/c1-24-14-5-3-2-4-13(14)16(22)20-15(21)9-25-17(23)10-6-11(18)8-12(19)7-10/h2-8H,9H2,1H3,(H,20,21,22). The molecule has 2 amide bonds. The highest BCUT2D eigenvalue weighted by atomic mass is 19.1. The van der Waals surface area contributed by atoms with Gasteiger partial charge in [-0.1, -0.05) is 12.1 Å². The topological polar surface area (TPSA) is 81.7 Å². The monoisotopic (exact) mass is 349 g/mol. The second-order valence-electron chi connectivity index (χ2n) is 4.81. The van der Waals surface area contributed by atoms with Crippen molar-refractivity contribution in [1.29, 1.82) is 0 Å². The third kappa shape index (κ3) is 4.84. The minimum absolute atomic E-state index is 0.122. The first kappa shape index (κ1) is 18.1. The number of amides is 2. The lowest BCUT2D eigenvalue weighted by molar-refractivity contribution is -0.123. The average molecular weight is 349 g/mol. The van der Waals surface area contributed by atoms with Crippen LogP contribution >= 0.6 is 0 Å². The zero-order valence-corrected chi connectivity index (χ0v) is 13.0. The van der Waals surface area contributed by atoms with Crippen LogP contribution in [-0.2, 0) is 9.53 Å². The van der Waals surface area contributed by atoms with Gasteiger partial charge in [0.05, 0.1) is 18.2 Å². The predicted molar refractivity (Wildman–Crippen MR) is 82.1 cm³/mol. The maximum absolute atomic E-state index is 13.0. The molecule has 0 saturated carbocycles. The molecule has 0 aliphatic carbocycles. The van der Waals surface area contributed by atoms with Crippen LogP contribution < -0.4 is 10.1 Å². The van der Waals surface area contributed by atoms with Crippen molar-refractivity contribution in [1.82, 2.24) is 5.32 Å². The molecule has 0 saturated heterocycles. The summed E-state index contributed by atoms with van der Waals surface area (Å²) in [4.78, 5) is 35.4. The molecule has 0 aromatic heterocycles. The molecule has 130 valence electrons. The number of rotatable bonds is 5. The van der Waals surface area contributed by atoms with E-state index in [2.05, 4.69) is 4.74 Å². The summed E-state index contributed by atoms with van der Waals surface area (Å²) < 4.78 is 35.7. The number of halogens is 2. The summed E-state index contributed by atoms with van der Waals surface area (Å²) in [7, 11) is 1.37. The molecular formula is C17H13F2NO5. The molecule has 0 atom stereocenters. The third-order valence-corrected chi connectivity index (χ3v) is 3.04.